The third kappa shape index (κ3) is 3.14. The van der Waals surface area contributed by atoms with E-state index in [9.17, 15) is 0 Å². The smallest absolute Gasteiger partial charge is 0.240 e. The first kappa shape index (κ1) is 10.9. The minimum atomic E-state index is 0.688. The van der Waals surface area contributed by atoms with Crippen molar-refractivity contribution >= 4 is 11.3 Å². The molecule has 1 aliphatic carbocycles. The van der Waals surface area contributed by atoms with Crippen LogP contribution in [0.15, 0.2) is 22.0 Å². The van der Waals surface area contributed by atoms with Gasteiger partial charge in [-0.1, -0.05) is 11.2 Å². The molecule has 3 rings (SSSR count). The summed E-state index contributed by atoms with van der Waals surface area (Å²) in [5, 5.41) is 9.39. The Balaban J connectivity index is 1.50. The molecule has 0 unspecified atom stereocenters. The largest absolute Gasteiger partial charge is 0.338 e. The van der Waals surface area contributed by atoms with E-state index in [1.54, 1.807) is 11.3 Å². The molecule has 0 atom stereocenters. The van der Waals surface area contributed by atoms with E-state index in [4.69, 9.17) is 4.52 Å². The highest BCUT2D eigenvalue weighted by Crippen LogP contribution is 2.27. The maximum absolute atomic E-state index is 5.20. The highest BCUT2D eigenvalue weighted by Gasteiger charge is 2.20. The first-order chi connectivity index (χ1) is 8.40. The quantitative estimate of drug-likeness (QED) is 0.853. The molecule has 2 heterocycles. The summed E-state index contributed by atoms with van der Waals surface area (Å²) in [5.74, 6) is 2.34. The van der Waals surface area contributed by atoms with Gasteiger partial charge in [0.15, 0.2) is 5.82 Å². The van der Waals surface area contributed by atoms with Crippen LogP contribution in [0.1, 0.15) is 29.4 Å². The molecule has 1 aliphatic rings. The fourth-order valence-corrected chi connectivity index (χ4v) is 2.41. The number of rotatable bonds is 6. The van der Waals surface area contributed by atoms with Gasteiger partial charge in [0.05, 0.1) is 6.54 Å². The Bertz CT molecular complexity index is 462. The standard InChI is InChI=1S/C12H15N3OS/c1-2-10(17-5-1)6-11-14-12(16-15-11)8-13-7-9-3-4-9/h1-2,5,9,13H,3-4,6-8H2. The van der Waals surface area contributed by atoms with Crippen LogP contribution in [-0.4, -0.2) is 16.7 Å². The summed E-state index contributed by atoms with van der Waals surface area (Å²) in [4.78, 5) is 5.64. The van der Waals surface area contributed by atoms with E-state index in [0.29, 0.717) is 12.4 Å². The van der Waals surface area contributed by atoms with Crippen molar-refractivity contribution < 1.29 is 4.52 Å². The molecule has 1 N–H and O–H groups in total. The van der Waals surface area contributed by atoms with Crippen molar-refractivity contribution in [3.63, 3.8) is 0 Å². The van der Waals surface area contributed by atoms with Crippen molar-refractivity contribution in [1.29, 1.82) is 0 Å². The van der Waals surface area contributed by atoms with E-state index in [1.165, 1.54) is 17.7 Å². The molecule has 0 bridgehead atoms. The summed E-state index contributed by atoms with van der Waals surface area (Å²) in [6, 6.07) is 4.13. The van der Waals surface area contributed by atoms with Crippen molar-refractivity contribution in [2.45, 2.75) is 25.8 Å². The highest BCUT2D eigenvalue weighted by molar-refractivity contribution is 7.09. The van der Waals surface area contributed by atoms with Crippen LogP contribution in [0.25, 0.3) is 0 Å². The average Bonchev–Trinajstić information content (AvgIpc) is 2.83. The molecule has 0 saturated heterocycles. The fourth-order valence-electron chi connectivity index (χ4n) is 1.71. The third-order valence-electron chi connectivity index (χ3n) is 2.83. The molecule has 17 heavy (non-hydrogen) atoms. The lowest BCUT2D eigenvalue weighted by Crippen LogP contribution is -2.16. The van der Waals surface area contributed by atoms with Crippen LogP contribution in [0.5, 0.6) is 0 Å². The molecule has 0 aliphatic heterocycles. The zero-order valence-corrected chi connectivity index (χ0v) is 10.4. The first-order valence-electron chi connectivity index (χ1n) is 5.95. The number of aromatic nitrogens is 2. The Labute approximate surface area is 104 Å². The van der Waals surface area contributed by atoms with Crippen LogP contribution in [0, 0.1) is 5.92 Å². The molecular weight excluding hydrogens is 234 g/mol. The van der Waals surface area contributed by atoms with Gasteiger partial charge in [-0.3, -0.25) is 0 Å². The lowest BCUT2D eigenvalue weighted by atomic mass is 10.3. The van der Waals surface area contributed by atoms with E-state index in [1.807, 2.05) is 6.07 Å². The lowest BCUT2D eigenvalue weighted by molar-refractivity contribution is 0.362. The zero-order chi connectivity index (χ0) is 11.5. The van der Waals surface area contributed by atoms with Crippen molar-refractivity contribution in [1.82, 2.24) is 15.5 Å². The fraction of sp³-hybridized carbons (Fsp3) is 0.500. The van der Waals surface area contributed by atoms with Crippen LogP contribution >= 0.6 is 11.3 Å². The lowest BCUT2D eigenvalue weighted by Gasteiger charge is -1.97. The highest BCUT2D eigenvalue weighted by atomic mass is 32.1. The SMILES string of the molecule is c1csc(Cc2noc(CNCC3CC3)n2)c1. The molecule has 5 heteroatoms. The van der Waals surface area contributed by atoms with E-state index >= 15 is 0 Å². The molecule has 2 aromatic rings. The molecule has 0 radical (unpaired) electrons. The van der Waals surface area contributed by atoms with Crippen molar-refractivity contribution in [3.8, 4) is 0 Å². The molecule has 90 valence electrons. The molecule has 1 fully saturated rings. The second kappa shape index (κ2) is 4.98. The Morgan fingerprint density at radius 3 is 3.18 bits per heavy atom. The molecule has 1 saturated carbocycles. The van der Waals surface area contributed by atoms with E-state index in [-0.39, 0.29) is 0 Å². The van der Waals surface area contributed by atoms with Gasteiger partial charge in [0.25, 0.3) is 0 Å². The Morgan fingerprint density at radius 2 is 2.41 bits per heavy atom. The van der Waals surface area contributed by atoms with Gasteiger partial charge in [0.2, 0.25) is 5.89 Å². The third-order valence-corrected chi connectivity index (χ3v) is 3.71. The second-order valence-electron chi connectivity index (χ2n) is 4.43. The first-order valence-corrected chi connectivity index (χ1v) is 6.82. The zero-order valence-electron chi connectivity index (χ0n) is 9.56. The van der Waals surface area contributed by atoms with Crippen molar-refractivity contribution in [2.75, 3.05) is 6.54 Å². The van der Waals surface area contributed by atoms with Gasteiger partial charge in [0, 0.05) is 11.3 Å². The van der Waals surface area contributed by atoms with E-state index < -0.39 is 0 Å². The maximum atomic E-state index is 5.20. The van der Waals surface area contributed by atoms with Gasteiger partial charge in [0.1, 0.15) is 0 Å². The summed E-state index contributed by atoms with van der Waals surface area (Å²) >= 11 is 1.72. The predicted molar refractivity (Wildman–Crippen MR) is 65.9 cm³/mol. The van der Waals surface area contributed by atoms with Gasteiger partial charge >= 0.3 is 0 Å². The number of nitrogens with one attached hydrogen (secondary N) is 1. The topological polar surface area (TPSA) is 51.0 Å². The Kier molecular flexibility index (Phi) is 3.20. The summed E-state index contributed by atoms with van der Waals surface area (Å²) in [6.45, 7) is 1.76. The van der Waals surface area contributed by atoms with Gasteiger partial charge in [-0.25, -0.2) is 0 Å². The number of hydrogen-bond acceptors (Lipinski definition) is 5. The molecular formula is C12H15N3OS. The van der Waals surface area contributed by atoms with Crippen LogP contribution in [0.3, 0.4) is 0 Å². The molecule has 2 aromatic heterocycles. The molecule has 0 aromatic carbocycles. The van der Waals surface area contributed by atoms with Crippen LogP contribution in [0.2, 0.25) is 0 Å². The minimum absolute atomic E-state index is 0.688. The van der Waals surface area contributed by atoms with Crippen LogP contribution in [0.4, 0.5) is 0 Å². The number of nitrogens with zero attached hydrogens (tertiary/aromatic N) is 2. The van der Waals surface area contributed by atoms with Crippen LogP contribution in [-0.2, 0) is 13.0 Å². The van der Waals surface area contributed by atoms with Gasteiger partial charge in [-0.15, -0.1) is 11.3 Å². The number of hydrogen-bond donors (Lipinski definition) is 1. The maximum Gasteiger partial charge on any atom is 0.240 e. The molecule has 0 spiro atoms. The molecule has 4 nitrogen and oxygen atoms in total. The Morgan fingerprint density at radius 1 is 1.47 bits per heavy atom. The normalized spacial score (nSPS) is 15.3. The monoisotopic (exact) mass is 249 g/mol. The van der Waals surface area contributed by atoms with E-state index in [0.717, 1.165) is 24.7 Å². The predicted octanol–water partition coefficient (Wildman–Crippen LogP) is 2.22. The van der Waals surface area contributed by atoms with Gasteiger partial charge in [-0.2, -0.15) is 4.98 Å². The summed E-state index contributed by atoms with van der Waals surface area (Å²) < 4.78 is 5.20. The number of thiophene rings is 1. The summed E-state index contributed by atoms with van der Waals surface area (Å²) in [7, 11) is 0. The Hall–Kier alpha value is -1.20. The second-order valence-corrected chi connectivity index (χ2v) is 5.47. The minimum Gasteiger partial charge on any atom is -0.338 e. The van der Waals surface area contributed by atoms with Gasteiger partial charge < -0.3 is 9.84 Å². The van der Waals surface area contributed by atoms with E-state index in [2.05, 4.69) is 26.9 Å². The summed E-state index contributed by atoms with van der Waals surface area (Å²) in [6.07, 6.45) is 3.49. The average molecular weight is 249 g/mol. The van der Waals surface area contributed by atoms with Crippen molar-refractivity contribution in [3.05, 3.63) is 34.1 Å². The van der Waals surface area contributed by atoms with Crippen LogP contribution < -0.4 is 5.32 Å². The van der Waals surface area contributed by atoms with Crippen molar-refractivity contribution in [2.24, 2.45) is 5.92 Å². The summed E-state index contributed by atoms with van der Waals surface area (Å²) in [5.41, 5.74) is 0. The molecule has 0 amide bonds. The van der Waals surface area contributed by atoms with Gasteiger partial charge in [-0.05, 0) is 36.8 Å².